The van der Waals surface area contributed by atoms with Gasteiger partial charge in [-0.1, -0.05) is 24.1 Å². The third-order valence-electron chi connectivity index (χ3n) is 7.73. The minimum atomic E-state index is -0.964. The molecule has 3 atom stereocenters. The summed E-state index contributed by atoms with van der Waals surface area (Å²) < 4.78 is 5.58. The highest BCUT2D eigenvalue weighted by Crippen LogP contribution is 2.54. The van der Waals surface area contributed by atoms with Gasteiger partial charge in [0, 0.05) is 18.2 Å². The van der Waals surface area contributed by atoms with E-state index in [4.69, 9.17) is 16.2 Å². The molecule has 4 rings (SSSR count). The molecule has 0 aromatic heterocycles. The molecule has 2 aromatic rings. The summed E-state index contributed by atoms with van der Waals surface area (Å²) in [5, 5.41) is 11.2. The highest BCUT2D eigenvalue weighted by Gasteiger charge is 2.51. The highest BCUT2D eigenvalue weighted by molar-refractivity contribution is 5.79. The van der Waals surface area contributed by atoms with Gasteiger partial charge in [0.2, 0.25) is 5.91 Å². The van der Waals surface area contributed by atoms with Gasteiger partial charge >= 0.3 is 0 Å². The van der Waals surface area contributed by atoms with Crippen LogP contribution in [0.4, 0.5) is 5.69 Å². The summed E-state index contributed by atoms with van der Waals surface area (Å²) in [4.78, 5) is 24.5. The zero-order valence-electron chi connectivity index (χ0n) is 21.0. The maximum atomic E-state index is 11.4. The molecule has 1 fully saturated rings. The molecule has 0 heterocycles. The molecule has 2 aromatic carbocycles. The van der Waals surface area contributed by atoms with Crippen LogP contribution < -0.4 is 21.1 Å². The minimum absolute atomic E-state index is 0.150. The van der Waals surface area contributed by atoms with Gasteiger partial charge in [-0.15, -0.1) is 5.92 Å². The van der Waals surface area contributed by atoms with Gasteiger partial charge in [0.15, 0.2) is 6.61 Å². The lowest BCUT2D eigenvalue weighted by molar-refractivity contribution is -0.120. The Balaban J connectivity index is 1.72. The van der Waals surface area contributed by atoms with Crippen LogP contribution in [0.3, 0.4) is 0 Å². The lowest BCUT2D eigenvalue weighted by atomic mass is 9.52. The normalized spacial score (nSPS) is 24.5. The van der Waals surface area contributed by atoms with Crippen LogP contribution in [0, 0.1) is 17.8 Å². The minimum Gasteiger partial charge on any atom is -0.484 e. The van der Waals surface area contributed by atoms with E-state index in [1.807, 2.05) is 36.2 Å². The molecular formula is C29H35N3O4. The summed E-state index contributed by atoms with van der Waals surface area (Å²) >= 11 is 0. The Kier molecular flexibility index (Phi) is 7.28. The first-order valence-electron chi connectivity index (χ1n) is 12.4. The summed E-state index contributed by atoms with van der Waals surface area (Å²) in [5.74, 6) is 6.01. The fourth-order valence-corrected chi connectivity index (χ4v) is 6.18. The number of carbonyl (C=O) groups is 2. The molecule has 0 saturated heterocycles. The summed E-state index contributed by atoms with van der Waals surface area (Å²) in [7, 11) is 1.86. The number of fused-ring (bicyclic) bond motifs is 3. The number of hydrogen-bond acceptors (Lipinski definition) is 5. The number of rotatable bonds is 8. The van der Waals surface area contributed by atoms with E-state index in [2.05, 4.69) is 30.0 Å². The quantitative estimate of drug-likeness (QED) is 0.492. The maximum absolute atomic E-state index is 11.4. The molecule has 1 saturated carbocycles. The summed E-state index contributed by atoms with van der Waals surface area (Å²) in [6.07, 6.45) is 4.64. The van der Waals surface area contributed by atoms with Crippen molar-refractivity contribution in [3.8, 4) is 17.6 Å². The third kappa shape index (κ3) is 5.34. The number of ether oxygens (including phenoxy) is 1. The van der Waals surface area contributed by atoms with Gasteiger partial charge in [-0.3, -0.25) is 9.59 Å². The van der Waals surface area contributed by atoms with Crippen molar-refractivity contribution >= 4 is 17.5 Å². The molecule has 5 N–H and O–H groups in total. The SMILES string of the molecule is CC#C[C@@]1(O)CC[C@]2(Cc3cccc(N(C)CC(N)=O)c3)c3ccc(OCC(N)=O)cc3CC[C@H]2C1. The van der Waals surface area contributed by atoms with Crippen LogP contribution in [0.15, 0.2) is 42.5 Å². The average molecular weight is 490 g/mol. The molecule has 2 aliphatic rings. The monoisotopic (exact) mass is 489 g/mol. The fraction of sp³-hybridized carbons (Fsp3) is 0.448. The molecule has 0 radical (unpaired) electrons. The van der Waals surface area contributed by atoms with E-state index < -0.39 is 11.5 Å². The lowest BCUT2D eigenvalue weighted by Crippen LogP contribution is -2.50. The van der Waals surface area contributed by atoms with Crippen molar-refractivity contribution in [3.05, 3.63) is 59.2 Å². The Morgan fingerprint density at radius 3 is 2.69 bits per heavy atom. The van der Waals surface area contributed by atoms with E-state index >= 15 is 0 Å². The second kappa shape index (κ2) is 10.2. The van der Waals surface area contributed by atoms with Gasteiger partial charge in [0.1, 0.15) is 11.4 Å². The van der Waals surface area contributed by atoms with Crippen molar-refractivity contribution in [1.82, 2.24) is 0 Å². The number of nitrogens with zero attached hydrogens (tertiary/aromatic N) is 1. The van der Waals surface area contributed by atoms with Crippen LogP contribution in [0.25, 0.3) is 0 Å². The van der Waals surface area contributed by atoms with Crippen LogP contribution in [-0.4, -0.2) is 42.7 Å². The predicted octanol–water partition coefficient (Wildman–Crippen LogP) is 2.45. The Bertz CT molecular complexity index is 1220. The second-order valence-corrected chi connectivity index (χ2v) is 10.2. The number of carbonyl (C=O) groups excluding carboxylic acids is 2. The highest BCUT2D eigenvalue weighted by atomic mass is 16.5. The van der Waals surface area contributed by atoms with E-state index in [0.717, 1.165) is 31.4 Å². The first-order chi connectivity index (χ1) is 17.1. The Labute approximate surface area is 212 Å². The van der Waals surface area contributed by atoms with Crippen molar-refractivity contribution < 1.29 is 19.4 Å². The largest absolute Gasteiger partial charge is 0.484 e. The van der Waals surface area contributed by atoms with Crippen molar-refractivity contribution in [2.75, 3.05) is 25.1 Å². The van der Waals surface area contributed by atoms with E-state index in [9.17, 15) is 14.7 Å². The number of aliphatic hydroxyl groups is 1. The molecule has 0 aliphatic heterocycles. The van der Waals surface area contributed by atoms with Crippen LogP contribution in [-0.2, 0) is 27.8 Å². The van der Waals surface area contributed by atoms with E-state index in [1.165, 1.54) is 16.7 Å². The molecule has 190 valence electrons. The van der Waals surface area contributed by atoms with Crippen molar-refractivity contribution in [3.63, 3.8) is 0 Å². The number of benzene rings is 2. The van der Waals surface area contributed by atoms with Gasteiger partial charge in [-0.05, 0) is 92.3 Å². The number of hydrogen-bond donors (Lipinski definition) is 3. The number of aryl methyl sites for hydroxylation is 1. The Morgan fingerprint density at radius 2 is 1.97 bits per heavy atom. The standard InChI is InChI=1S/C29H35N3O4/c1-3-11-28(35)12-13-29(16-20-5-4-6-23(14-20)32(2)18-26(30)33)22(17-28)8-7-21-15-24(9-10-25(21)29)36-19-27(31)34/h4-6,9-10,14-15,22,35H,7-8,12-13,16-19H2,1-2H3,(H2,30,33)(H2,31,34)/t22-,28+,29+/m0/s1. The summed E-state index contributed by atoms with van der Waals surface area (Å²) in [6.45, 7) is 1.77. The average Bonchev–Trinajstić information content (AvgIpc) is 2.83. The van der Waals surface area contributed by atoms with Crippen molar-refractivity contribution in [2.45, 2.75) is 56.5 Å². The van der Waals surface area contributed by atoms with Crippen molar-refractivity contribution in [1.29, 1.82) is 0 Å². The molecule has 0 bridgehead atoms. The first kappa shape index (κ1) is 25.6. The number of nitrogens with two attached hydrogens (primary N) is 2. The first-order valence-corrected chi connectivity index (χ1v) is 12.4. The van der Waals surface area contributed by atoms with Gasteiger partial charge in [-0.2, -0.15) is 0 Å². The molecule has 7 nitrogen and oxygen atoms in total. The number of primary amides is 2. The second-order valence-electron chi connectivity index (χ2n) is 10.2. The molecule has 2 amide bonds. The lowest BCUT2D eigenvalue weighted by Gasteiger charge is -2.52. The number of likely N-dealkylation sites (N-methyl/N-ethyl adjacent to an activating group) is 1. The number of anilines is 1. The summed E-state index contributed by atoms with van der Waals surface area (Å²) in [5.41, 5.74) is 14.1. The van der Waals surface area contributed by atoms with Crippen LogP contribution in [0.1, 0.15) is 49.3 Å². The zero-order chi connectivity index (χ0) is 25.9. The Hall–Kier alpha value is -3.50. The van der Waals surface area contributed by atoms with Gasteiger partial charge in [0.05, 0.1) is 6.54 Å². The molecular weight excluding hydrogens is 454 g/mol. The van der Waals surface area contributed by atoms with Crippen LogP contribution in [0.5, 0.6) is 5.75 Å². The number of amides is 2. The van der Waals surface area contributed by atoms with E-state index in [1.54, 1.807) is 6.92 Å². The topological polar surface area (TPSA) is 119 Å². The summed E-state index contributed by atoms with van der Waals surface area (Å²) in [6, 6.07) is 14.3. The predicted molar refractivity (Wildman–Crippen MR) is 139 cm³/mol. The van der Waals surface area contributed by atoms with E-state index in [-0.39, 0.29) is 30.4 Å². The molecule has 2 aliphatic carbocycles. The van der Waals surface area contributed by atoms with Crippen LogP contribution in [0.2, 0.25) is 0 Å². The van der Waals surface area contributed by atoms with Gasteiger partial charge in [-0.25, -0.2) is 0 Å². The zero-order valence-corrected chi connectivity index (χ0v) is 21.0. The molecule has 7 heteroatoms. The van der Waals surface area contributed by atoms with E-state index in [0.29, 0.717) is 18.6 Å². The molecule has 0 unspecified atom stereocenters. The molecule has 0 spiro atoms. The molecule has 36 heavy (non-hydrogen) atoms. The van der Waals surface area contributed by atoms with Crippen LogP contribution >= 0.6 is 0 Å². The third-order valence-corrected chi connectivity index (χ3v) is 7.73. The maximum Gasteiger partial charge on any atom is 0.255 e. The van der Waals surface area contributed by atoms with Crippen molar-refractivity contribution in [2.24, 2.45) is 17.4 Å². The Morgan fingerprint density at radius 1 is 1.17 bits per heavy atom. The smallest absolute Gasteiger partial charge is 0.255 e. The van der Waals surface area contributed by atoms with Gasteiger partial charge in [0.25, 0.3) is 5.91 Å². The van der Waals surface area contributed by atoms with Gasteiger partial charge < -0.3 is 26.2 Å². The fourth-order valence-electron chi connectivity index (χ4n) is 6.18.